The Bertz CT molecular complexity index is 424. The number of anilines is 1. The molecule has 1 aromatic heterocycles. The van der Waals surface area contributed by atoms with E-state index in [0.717, 1.165) is 42.2 Å². The van der Waals surface area contributed by atoms with Crippen molar-refractivity contribution < 1.29 is 0 Å². The lowest BCUT2D eigenvalue weighted by Gasteiger charge is -2.31. The standard InChI is InChI=1S/C14H23BrN4/c1-4-11-10-18(3)7-6-8-19(11)14-9-12(15)16-13(5-2)17-14/h9,11H,4-8,10H2,1-3H3. The Morgan fingerprint density at radius 1 is 1.32 bits per heavy atom. The molecule has 1 saturated heterocycles. The zero-order chi connectivity index (χ0) is 13.8. The van der Waals surface area contributed by atoms with Gasteiger partial charge in [0.2, 0.25) is 0 Å². The number of hydrogen-bond donors (Lipinski definition) is 0. The van der Waals surface area contributed by atoms with Gasteiger partial charge in [0.25, 0.3) is 0 Å². The molecule has 2 heterocycles. The van der Waals surface area contributed by atoms with Gasteiger partial charge in [0.15, 0.2) is 0 Å². The highest BCUT2D eigenvalue weighted by atomic mass is 79.9. The SMILES string of the molecule is CCc1nc(Br)cc(N2CCCN(C)CC2CC)n1. The summed E-state index contributed by atoms with van der Waals surface area (Å²) in [5.74, 6) is 1.98. The Morgan fingerprint density at radius 2 is 2.11 bits per heavy atom. The molecule has 0 bridgehead atoms. The second-order valence-corrected chi connectivity index (χ2v) is 6.00. The van der Waals surface area contributed by atoms with Crippen LogP contribution < -0.4 is 4.90 Å². The zero-order valence-corrected chi connectivity index (χ0v) is 13.7. The summed E-state index contributed by atoms with van der Waals surface area (Å²) in [6.45, 7) is 7.71. The monoisotopic (exact) mass is 326 g/mol. The highest BCUT2D eigenvalue weighted by Gasteiger charge is 2.23. The van der Waals surface area contributed by atoms with Crippen LogP contribution in [0.5, 0.6) is 0 Å². The van der Waals surface area contributed by atoms with Crippen LogP contribution in [-0.4, -0.2) is 47.6 Å². The van der Waals surface area contributed by atoms with Gasteiger partial charge in [-0.3, -0.25) is 0 Å². The van der Waals surface area contributed by atoms with E-state index in [0.29, 0.717) is 6.04 Å². The molecule has 1 aliphatic heterocycles. The van der Waals surface area contributed by atoms with Crippen molar-refractivity contribution in [3.05, 3.63) is 16.5 Å². The zero-order valence-electron chi connectivity index (χ0n) is 12.1. The van der Waals surface area contributed by atoms with Crippen LogP contribution >= 0.6 is 15.9 Å². The second kappa shape index (κ2) is 6.66. The molecule has 0 radical (unpaired) electrons. The van der Waals surface area contributed by atoms with Crippen molar-refractivity contribution in [1.29, 1.82) is 0 Å². The van der Waals surface area contributed by atoms with E-state index in [2.05, 4.69) is 51.6 Å². The number of aromatic nitrogens is 2. The van der Waals surface area contributed by atoms with Gasteiger partial charge < -0.3 is 9.80 Å². The molecule has 2 rings (SSSR count). The fraction of sp³-hybridized carbons (Fsp3) is 0.714. The van der Waals surface area contributed by atoms with E-state index in [1.807, 2.05) is 6.07 Å². The third kappa shape index (κ3) is 3.66. The molecule has 106 valence electrons. The molecule has 1 atom stereocenters. The average Bonchev–Trinajstić information content (AvgIpc) is 2.59. The predicted octanol–water partition coefficient (Wildman–Crippen LogP) is 2.72. The molecule has 0 amide bonds. The molecule has 0 spiro atoms. The van der Waals surface area contributed by atoms with Crippen molar-refractivity contribution in [2.75, 3.05) is 31.6 Å². The molecule has 1 unspecified atom stereocenters. The molecule has 0 aromatic carbocycles. The van der Waals surface area contributed by atoms with Crippen LogP contribution in [0, 0.1) is 0 Å². The summed E-state index contributed by atoms with van der Waals surface area (Å²) in [7, 11) is 2.21. The minimum Gasteiger partial charge on any atom is -0.352 e. The van der Waals surface area contributed by atoms with E-state index in [9.17, 15) is 0 Å². The van der Waals surface area contributed by atoms with E-state index < -0.39 is 0 Å². The lowest BCUT2D eigenvalue weighted by molar-refractivity contribution is 0.327. The van der Waals surface area contributed by atoms with Crippen molar-refractivity contribution in [3.8, 4) is 0 Å². The fourth-order valence-electron chi connectivity index (χ4n) is 2.65. The summed E-state index contributed by atoms with van der Waals surface area (Å²) in [4.78, 5) is 14.0. The van der Waals surface area contributed by atoms with E-state index in [1.54, 1.807) is 0 Å². The Balaban J connectivity index is 2.29. The summed E-state index contributed by atoms with van der Waals surface area (Å²) in [6, 6.07) is 2.59. The number of nitrogens with zero attached hydrogens (tertiary/aromatic N) is 4. The first kappa shape index (κ1) is 14.7. The quantitative estimate of drug-likeness (QED) is 0.799. The highest BCUT2D eigenvalue weighted by molar-refractivity contribution is 9.10. The molecule has 4 nitrogen and oxygen atoms in total. The van der Waals surface area contributed by atoms with Crippen molar-refractivity contribution in [3.63, 3.8) is 0 Å². The van der Waals surface area contributed by atoms with Gasteiger partial charge in [-0.2, -0.15) is 0 Å². The molecule has 0 aliphatic carbocycles. The van der Waals surface area contributed by atoms with E-state index >= 15 is 0 Å². The molecule has 1 aromatic rings. The van der Waals surface area contributed by atoms with Crippen LogP contribution in [0.1, 0.15) is 32.5 Å². The number of likely N-dealkylation sites (N-methyl/N-ethyl adjacent to an activating group) is 1. The van der Waals surface area contributed by atoms with Gasteiger partial charge in [0, 0.05) is 31.6 Å². The van der Waals surface area contributed by atoms with Crippen molar-refractivity contribution in [2.45, 2.75) is 39.2 Å². The normalized spacial score (nSPS) is 21.5. The Labute approximate surface area is 124 Å². The van der Waals surface area contributed by atoms with Crippen LogP contribution in [0.2, 0.25) is 0 Å². The van der Waals surface area contributed by atoms with Gasteiger partial charge in [-0.05, 0) is 42.4 Å². The lowest BCUT2D eigenvalue weighted by Crippen LogP contribution is -2.40. The lowest BCUT2D eigenvalue weighted by atomic mass is 10.2. The third-order valence-electron chi connectivity index (χ3n) is 3.71. The van der Waals surface area contributed by atoms with Crippen LogP contribution in [0.3, 0.4) is 0 Å². The molecule has 1 aliphatic rings. The largest absolute Gasteiger partial charge is 0.352 e. The summed E-state index contributed by atoms with van der Waals surface area (Å²) in [5, 5.41) is 0. The molecule has 0 saturated carbocycles. The summed E-state index contributed by atoms with van der Waals surface area (Å²) < 4.78 is 0.891. The average molecular weight is 327 g/mol. The molecule has 1 fully saturated rings. The number of rotatable bonds is 3. The molecular weight excluding hydrogens is 304 g/mol. The van der Waals surface area contributed by atoms with E-state index in [-0.39, 0.29) is 0 Å². The topological polar surface area (TPSA) is 32.3 Å². The smallest absolute Gasteiger partial charge is 0.133 e. The Kier molecular flexibility index (Phi) is 5.16. The van der Waals surface area contributed by atoms with Gasteiger partial charge in [0.05, 0.1) is 0 Å². The van der Waals surface area contributed by atoms with Crippen LogP contribution in [0.4, 0.5) is 5.82 Å². The maximum atomic E-state index is 4.71. The predicted molar refractivity (Wildman–Crippen MR) is 82.6 cm³/mol. The van der Waals surface area contributed by atoms with E-state index in [1.165, 1.54) is 13.0 Å². The first-order chi connectivity index (χ1) is 9.13. The van der Waals surface area contributed by atoms with Crippen molar-refractivity contribution >= 4 is 21.7 Å². The van der Waals surface area contributed by atoms with Gasteiger partial charge in [0.1, 0.15) is 16.2 Å². The van der Waals surface area contributed by atoms with Crippen LogP contribution in [0.15, 0.2) is 10.7 Å². The Hall–Kier alpha value is -0.680. The fourth-order valence-corrected chi connectivity index (χ4v) is 3.06. The maximum Gasteiger partial charge on any atom is 0.133 e. The highest BCUT2D eigenvalue weighted by Crippen LogP contribution is 2.22. The summed E-state index contributed by atoms with van der Waals surface area (Å²) >= 11 is 3.51. The number of aryl methyl sites for hydroxylation is 1. The van der Waals surface area contributed by atoms with E-state index in [4.69, 9.17) is 4.98 Å². The molecule has 5 heteroatoms. The molecule has 19 heavy (non-hydrogen) atoms. The maximum absolute atomic E-state index is 4.71. The molecular formula is C14H23BrN4. The first-order valence-corrected chi connectivity index (χ1v) is 7.92. The van der Waals surface area contributed by atoms with Gasteiger partial charge >= 0.3 is 0 Å². The van der Waals surface area contributed by atoms with Crippen molar-refractivity contribution in [1.82, 2.24) is 14.9 Å². The second-order valence-electron chi connectivity index (χ2n) is 5.19. The third-order valence-corrected chi connectivity index (χ3v) is 4.12. The van der Waals surface area contributed by atoms with Gasteiger partial charge in [-0.1, -0.05) is 13.8 Å². The van der Waals surface area contributed by atoms with Crippen LogP contribution in [0.25, 0.3) is 0 Å². The minimum absolute atomic E-state index is 0.541. The van der Waals surface area contributed by atoms with Crippen molar-refractivity contribution in [2.24, 2.45) is 0 Å². The van der Waals surface area contributed by atoms with Gasteiger partial charge in [-0.25, -0.2) is 9.97 Å². The number of halogens is 1. The summed E-state index contributed by atoms with van der Waals surface area (Å²) in [6.07, 6.45) is 3.21. The molecule has 0 N–H and O–H groups in total. The number of hydrogen-bond acceptors (Lipinski definition) is 4. The first-order valence-electron chi connectivity index (χ1n) is 7.12. The van der Waals surface area contributed by atoms with Crippen LogP contribution in [-0.2, 0) is 6.42 Å². The van der Waals surface area contributed by atoms with Gasteiger partial charge in [-0.15, -0.1) is 0 Å². The Morgan fingerprint density at radius 3 is 2.79 bits per heavy atom. The minimum atomic E-state index is 0.541. The summed E-state index contributed by atoms with van der Waals surface area (Å²) in [5.41, 5.74) is 0.